The summed E-state index contributed by atoms with van der Waals surface area (Å²) in [6, 6.07) is 2.90. The van der Waals surface area contributed by atoms with Gasteiger partial charge in [0.15, 0.2) is 0 Å². The molecule has 1 nitrogen and oxygen atoms in total. The minimum absolute atomic E-state index is 0.143. The highest BCUT2D eigenvalue weighted by molar-refractivity contribution is 9.10. The molecule has 112 valence electrons. The molecule has 0 radical (unpaired) electrons. The van der Waals surface area contributed by atoms with Gasteiger partial charge in [-0.2, -0.15) is 0 Å². The number of hydrogen-bond acceptors (Lipinski definition) is 1. The van der Waals surface area contributed by atoms with Gasteiger partial charge in [0.2, 0.25) is 0 Å². The molecule has 2 rings (SSSR count). The first-order valence-electron chi connectivity index (χ1n) is 7.36. The van der Waals surface area contributed by atoms with Crippen LogP contribution in [0.4, 0.5) is 8.78 Å². The Labute approximate surface area is 128 Å². The van der Waals surface area contributed by atoms with Gasteiger partial charge in [0.05, 0.1) is 4.47 Å². The molecule has 0 aliphatic heterocycles. The predicted octanol–water partition coefficient (Wildman–Crippen LogP) is 4.68. The van der Waals surface area contributed by atoms with Gasteiger partial charge in [-0.1, -0.05) is 19.8 Å². The lowest BCUT2D eigenvalue weighted by Crippen LogP contribution is -2.35. The maximum absolute atomic E-state index is 14.1. The Morgan fingerprint density at radius 3 is 2.70 bits per heavy atom. The molecule has 3 atom stereocenters. The van der Waals surface area contributed by atoms with Crippen molar-refractivity contribution < 1.29 is 8.78 Å². The van der Waals surface area contributed by atoms with Crippen molar-refractivity contribution in [3.63, 3.8) is 0 Å². The molecule has 3 unspecified atom stereocenters. The summed E-state index contributed by atoms with van der Waals surface area (Å²) in [5, 5.41) is 3.26. The highest BCUT2D eigenvalue weighted by Gasteiger charge is 2.30. The van der Waals surface area contributed by atoms with Crippen molar-refractivity contribution in [2.75, 3.05) is 7.05 Å². The number of halogens is 3. The summed E-state index contributed by atoms with van der Waals surface area (Å²) in [5.74, 6) is 0.377. The standard InChI is InChI=1S/C16H22BrF2N/c1-3-10-4-5-11(8-10)15(20-2)9-12-14(18)7-6-13(17)16(12)19/h6-7,10-11,15,20H,3-5,8-9H2,1-2H3. The summed E-state index contributed by atoms with van der Waals surface area (Å²) in [4.78, 5) is 0. The van der Waals surface area contributed by atoms with Crippen molar-refractivity contribution in [1.82, 2.24) is 5.32 Å². The summed E-state index contributed by atoms with van der Waals surface area (Å²) in [6.45, 7) is 2.22. The average molecular weight is 346 g/mol. The van der Waals surface area contributed by atoms with Crippen molar-refractivity contribution in [2.24, 2.45) is 11.8 Å². The van der Waals surface area contributed by atoms with E-state index in [9.17, 15) is 8.78 Å². The predicted molar refractivity (Wildman–Crippen MR) is 81.7 cm³/mol. The van der Waals surface area contributed by atoms with E-state index in [1.807, 2.05) is 7.05 Å². The first-order valence-corrected chi connectivity index (χ1v) is 8.15. The summed E-state index contributed by atoms with van der Waals surface area (Å²) in [7, 11) is 1.89. The quantitative estimate of drug-likeness (QED) is 0.763. The lowest BCUT2D eigenvalue weighted by Gasteiger charge is -2.24. The van der Waals surface area contributed by atoms with Gasteiger partial charge in [-0.3, -0.25) is 0 Å². The van der Waals surface area contributed by atoms with Gasteiger partial charge in [-0.25, -0.2) is 8.78 Å². The number of nitrogens with one attached hydrogen (secondary N) is 1. The van der Waals surface area contributed by atoms with Crippen LogP contribution in [0.1, 0.15) is 38.2 Å². The fourth-order valence-corrected chi connectivity index (χ4v) is 3.70. The molecule has 0 bridgehead atoms. The molecule has 0 heterocycles. The SMILES string of the molecule is CCC1CCC(C(Cc2c(F)ccc(Br)c2F)NC)C1. The maximum Gasteiger partial charge on any atom is 0.143 e. The van der Waals surface area contributed by atoms with Crippen LogP contribution in [-0.4, -0.2) is 13.1 Å². The second-order valence-electron chi connectivity index (χ2n) is 5.77. The molecule has 1 aliphatic carbocycles. The first kappa shape index (κ1) is 15.9. The zero-order valence-corrected chi connectivity index (χ0v) is 13.6. The van der Waals surface area contributed by atoms with Crippen LogP contribution >= 0.6 is 15.9 Å². The average Bonchev–Trinajstić information content (AvgIpc) is 2.92. The monoisotopic (exact) mass is 345 g/mol. The minimum Gasteiger partial charge on any atom is -0.316 e. The second-order valence-corrected chi connectivity index (χ2v) is 6.62. The van der Waals surface area contributed by atoms with Gasteiger partial charge < -0.3 is 5.32 Å². The maximum atomic E-state index is 14.1. The number of likely N-dealkylation sites (N-methyl/N-ethyl adjacent to an activating group) is 1. The van der Waals surface area contributed by atoms with Gasteiger partial charge in [-0.15, -0.1) is 0 Å². The van der Waals surface area contributed by atoms with Crippen molar-refractivity contribution >= 4 is 15.9 Å². The van der Waals surface area contributed by atoms with Crippen molar-refractivity contribution in [3.05, 3.63) is 33.8 Å². The van der Waals surface area contributed by atoms with Gasteiger partial charge in [0.1, 0.15) is 11.6 Å². The van der Waals surface area contributed by atoms with Crippen LogP contribution in [0.5, 0.6) is 0 Å². The third-order valence-electron chi connectivity index (χ3n) is 4.66. The van der Waals surface area contributed by atoms with E-state index in [1.165, 1.54) is 31.4 Å². The van der Waals surface area contributed by atoms with Crippen molar-refractivity contribution in [3.8, 4) is 0 Å². The van der Waals surface area contributed by atoms with E-state index in [1.54, 1.807) is 0 Å². The second kappa shape index (κ2) is 6.99. The number of rotatable bonds is 5. The largest absolute Gasteiger partial charge is 0.316 e. The third kappa shape index (κ3) is 3.40. The zero-order valence-electron chi connectivity index (χ0n) is 12.1. The van der Waals surface area contributed by atoms with Crippen LogP contribution in [0.25, 0.3) is 0 Å². The molecule has 0 spiro atoms. The Balaban J connectivity index is 2.13. The van der Waals surface area contributed by atoms with E-state index < -0.39 is 11.6 Å². The molecule has 4 heteroatoms. The normalized spacial score (nSPS) is 24.1. The van der Waals surface area contributed by atoms with E-state index in [-0.39, 0.29) is 11.6 Å². The molecule has 1 aromatic carbocycles. The molecule has 20 heavy (non-hydrogen) atoms. The van der Waals surface area contributed by atoms with Gasteiger partial charge >= 0.3 is 0 Å². The topological polar surface area (TPSA) is 12.0 Å². The molecule has 1 aromatic rings. The molecular weight excluding hydrogens is 324 g/mol. The smallest absolute Gasteiger partial charge is 0.143 e. The Kier molecular flexibility index (Phi) is 5.56. The molecule has 1 N–H and O–H groups in total. The summed E-state index contributed by atoms with van der Waals surface area (Å²) in [6.07, 6.45) is 5.17. The minimum atomic E-state index is -0.463. The van der Waals surface area contributed by atoms with Crippen LogP contribution in [0.15, 0.2) is 16.6 Å². The molecule has 1 fully saturated rings. The molecule has 0 aromatic heterocycles. The molecule has 0 amide bonds. The van der Waals surface area contributed by atoms with Crippen LogP contribution in [0, 0.1) is 23.5 Å². The highest BCUT2D eigenvalue weighted by atomic mass is 79.9. The van der Waals surface area contributed by atoms with E-state index in [2.05, 4.69) is 28.2 Å². The van der Waals surface area contributed by atoms with Crippen molar-refractivity contribution in [1.29, 1.82) is 0 Å². The van der Waals surface area contributed by atoms with Crippen LogP contribution in [-0.2, 0) is 6.42 Å². The Morgan fingerprint density at radius 1 is 1.35 bits per heavy atom. The molecule has 0 saturated heterocycles. The number of hydrogen-bond donors (Lipinski definition) is 1. The zero-order chi connectivity index (χ0) is 14.7. The van der Waals surface area contributed by atoms with Crippen LogP contribution < -0.4 is 5.32 Å². The number of benzene rings is 1. The van der Waals surface area contributed by atoms with E-state index >= 15 is 0 Å². The molecule has 1 saturated carbocycles. The Hall–Kier alpha value is -0.480. The molecule has 1 aliphatic rings. The summed E-state index contributed by atoms with van der Waals surface area (Å²) in [5.41, 5.74) is 0.193. The molecular formula is C16H22BrF2N. The van der Waals surface area contributed by atoms with E-state index in [0.29, 0.717) is 16.8 Å². The van der Waals surface area contributed by atoms with Gasteiger partial charge in [0.25, 0.3) is 0 Å². The fraction of sp³-hybridized carbons (Fsp3) is 0.625. The highest BCUT2D eigenvalue weighted by Crippen LogP contribution is 2.36. The summed E-state index contributed by atoms with van der Waals surface area (Å²) >= 11 is 3.13. The lowest BCUT2D eigenvalue weighted by molar-refractivity contribution is 0.354. The fourth-order valence-electron chi connectivity index (χ4n) is 3.33. The van der Waals surface area contributed by atoms with Gasteiger partial charge in [0, 0.05) is 11.6 Å². The first-order chi connectivity index (χ1) is 9.56. The van der Waals surface area contributed by atoms with Crippen molar-refractivity contribution in [2.45, 2.75) is 45.1 Å². The van der Waals surface area contributed by atoms with E-state index in [0.717, 1.165) is 12.3 Å². The van der Waals surface area contributed by atoms with E-state index in [4.69, 9.17) is 0 Å². The van der Waals surface area contributed by atoms with Crippen LogP contribution in [0.3, 0.4) is 0 Å². The van der Waals surface area contributed by atoms with Gasteiger partial charge in [-0.05, 0) is 66.2 Å². The third-order valence-corrected chi connectivity index (χ3v) is 5.27. The lowest BCUT2D eigenvalue weighted by atomic mass is 9.90. The summed E-state index contributed by atoms with van der Waals surface area (Å²) < 4.78 is 28.3. The Bertz CT molecular complexity index is 464. The Morgan fingerprint density at radius 2 is 2.10 bits per heavy atom. The van der Waals surface area contributed by atoms with Crippen LogP contribution in [0.2, 0.25) is 0 Å².